The van der Waals surface area contributed by atoms with E-state index in [9.17, 15) is 9.90 Å². The van der Waals surface area contributed by atoms with Crippen molar-refractivity contribution >= 4 is 17.0 Å². The maximum absolute atomic E-state index is 11.7. The van der Waals surface area contributed by atoms with Crippen LogP contribution in [0.2, 0.25) is 0 Å². The average Bonchev–Trinajstić information content (AvgIpc) is 3.23. The first-order valence-electron chi connectivity index (χ1n) is 7.77. The standard InChI is InChI=1S/C17H16N4O3/c22-17(23)14-10-21(9-13(14)11-4-6-18-7-5-11)8-12-2-1-3-15-16(12)20-24-19-15/h1-7,13-14H,8-10H2,(H,22,23)/t13-,14+/m0/s1. The Morgan fingerprint density at radius 2 is 2.04 bits per heavy atom. The van der Waals surface area contributed by atoms with Crippen LogP contribution in [0.4, 0.5) is 0 Å². The van der Waals surface area contributed by atoms with Crippen LogP contribution in [-0.4, -0.2) is 44.4 Å². The molecule has 1 aliphatic heterocycles. The molecule has 1 N–H and O–H groups in total. The van der Waals surface area contributed by atoms with Crippen molar-refractivity contribution in [3.8, 4) is 0 Å². The molecular weight excluding hydrogens is 308 g/mol. The summed E-state index contributed by atoms with van der Waals surface area (Å²) in [4.78, 5) is 17.8. The molecule has 0 saturated carbocycles. The van der Waals surface area contributed by atoms with Gasteiger partial charge in [0.2, 0.25) is 0 Å². The highest BCUT2D eigenvalue weighted by Gasteiger charge is 2.38. The number of carbonyl (C=O) groups is 1. The van der Waals surface area contributed by atoms with Crippen molar-refractivity contribution in [2.75, 3.05) is 13.1 Å². The summed E-state index contributed by atoms with van der Waals surface area (Å²) in [6, 6.07) is 9.52. The third-order valence-electron chi connectivity index (χ3n) is 4.61. The number of hydrogen-bond acceptors (Lipinski definition) is 6. The highest BCUT2D eigenvalue weighted by Crippen LogP contribution is 2.34. The van der Waals surface area contributed by atoms with E-state index in [1.165, 1.54) is 0 Å². The molecule has 0 bridgehead atoms. The Kier molecular flexibility index (Phi) is 3.70. The number of likely N-dealkylation sites (tertiary alicyclic amines) is 1. The van der Waals surface area contributed by atoms with Crippen LogP contribution < -0.4 is 0 Å². The highest BCUT2D eigenvalue weighted by molar-refractivity contribution is 5.76. The Labute approximate surface area is 137 Å². The summed E-state index contributed by atoms with van der Waals surface area (Å²) in [5.41, 5.74) is 3.46. The molecule has 7 heteroatoms. The summed E-state index contributed by atoms with van der Waals surface area (Å²) in [5, 5.41) is 17.4. The van der Waals surface area contributed by atoms with Crippen LogP contribution in [0.5, 0.6) is 0 Å². The number of hydrogen-bond donors (Lipinski definition) is 1. The first kappa shape index (κ1) is 14.8. The molecule has 7 nitrogen and oxygen atoms in total. The van der Waals surface area contributed by atoms with Crippen molar-refractivity contribution in [3.05, 3.63) is 53.9 Å². The van der Waals surface area contributed by atoms with Crippen molar-refractivity contribution in [1.82, 2.24) is 20.2 Å². The number of aromatic nitrogens is 3. The van der Waals surface area contributed by atoms with E-state index in [0.717, 1.165) is 16.6 Å². The van der Waals surface area contributed by atoms with Gasteiger partial charge >= 0.3 is 5.97 Å². The largest absolute Gasteiger partial charge is 0.481 e. The number of benzene rings is 1. The summed E-state index contributed by atoms with van der Waals surface area (Å²) in [6.45, 7) is 1.81. The average molecular weight is 324 g/mol. The van der Waals surface area contributed by atoms with Crippen LogP contribution in [-0.2, 0) is 11.3 Å². The molecule has 0 amide bonds. The minimum absolute atomic E-state index is 0.0415. The minimum atomic E-state index is -0.763. The second-order valence-corrected chi connectivity index (χ2v) is 6.07. The molecule has 0 unspecified atom stereocenters. The normalized spacial score (nSPS) is 21.3. The van der Waals surface area contributed by atoms with Gasteiger partial charge in [0.25, 0.3) is 0 Å². The number of carboxylic acid groups (broad SMARTS) is 1. The number of rotatable bonds is 4. The third kappa shape index (κ3) is 2.63. The molecular formula is C17H16N4O3. The Bertz CT molecular complexity index is 864. The van der Waals surface area contributed by atoms with Crippen molar-refractivity contribution in [2.45, 2.75) is 12.5 Å². The van der Waals surface area contributed by atoms with E-state index in [4.69, 9.17) is 4.63 Å². The van der Waals surface area contributed by atoms with Gasteiger partial charge in [-0.3, -0.25) is 14.7 Å². The predicted molar refractivity (Wildman–Crippen MR) is 85.2 cm³/mol. The van der Waals surface area contributed by atoms with Gasteiger partial charge in [0.15, 0.2) is 0 Å². The SMILES string of the molecule is O=C(O)[C@@H]1CN(Cc2cccc3nonc23)C[C@H]1c1ccncc1. The summed E-state index contributed by atoms with van der Waals surface area (Å²) >= 11 is 0. The highest BCUT2D eigenvalue weighted by atomic mass is 16.6. The molecule has 0 aliphatic carbocycles. The minimum Gasteiger partial charge on any atom is -0.481 e. The van der Waals surface area contributed by atoms with Crippen LogP contribution in [0.3, 0.4) is 0 Å². The summed E-state index contributed by atoms with van der Waals surface area (Å²) < 4.78 is 4.80. The molecule has 24 heavy (non-hydrogen) atoms. The van der Waals surface area contributed by atoms with Crippen molar-refractivity contribution in [3.63, 3.8) is 0 Å². The zero-order chi connectivity index (χ0) is 16.5. The molecule has 1 saturated heterocycles. The monoisotopic (exact) mass is 324 g/mol. The van der Waals surface area contributed by atoms with Crippen molar-refractivity contribution < 1.29 is 14.5 Å². The number of aliphatic carboxylic acids is 1. The van der Waals surface area contributed by atoms with E-state index in [2.05, 4.69) is 20.2 Å². The molecule has 0 spiro atoms. The molecule has 2 aromatic heterocycles. The molecule has 1 fully saturated rings. The predicted octanol–water partition coefficient (Wildman–Crippen LogP) is 1.92. The Morgan fingerprint density at radius 3 is 2.83 bits per heavy atom. The number of nitrogens with zero attached hydrogens (tertiary/aromatic N) is 4. The van der Waals surface area contributed by atoms with Gasteiger partial charge in [-0.15, -0.1) is 0 Å². The van der Waals surface area contributed by atoms with E-state index in [0.29, 0.717) is 25.2 Å². The molecule has 0 radical (unpaired) electrons. The molecule has 1 aliphatic rings. The maximum atomic E-state index is 11.7. The topological polar surface area (TPSA) is 92.3 Å². The second-order valence-electron chi connectivity index (χ2n) is 6.07. The van der Waals surface area contributed by atoms with E-state index >= 15 is 0 Å². The quantitative estimate of drug-likeness (QED) is 0.783. The Morgan fingerprint density at radius 1 is 1.21 bits per heavy atom. The fourth-order valence-corrected chi connectivity index (χ4v) is 3.44. The van der Waals surface area contributed by atoms with Gasteiger partial charge < -0.3 is 5.11 Å². The Balaban J connectivity index is 1.59. The fraction of sp³-hybridized carbons (Fsp3) is 0.294. The lowest BCUT2D eigenvalue weighted by molar-refractivity contribution is -0.141. The lowest BCUT2D eigenvalue weighted by Gasteiger charge is -2.16. The third-order valence-corrected chi connectivity index (χ3v) is 4.61. The number of pyridine rings is 1. The summed E-state index contributed by atoms with van der Waals surface area (Å²) in [5.74, 6) is -1.23. The molecule has 122 valence electrons. The lowest BCUT2D eigenvalue weighted by atomic mass is 9.90. The molecule has 4 rings (SSSR count). The van der Waals surface area contributed by atoms with Gasteiger partial charge in [-0.25, -0.2) is 4.63 Å². The molecule has 1 aromatic carbocycles. The van der Waals surface area contributed by atoms with Gasteiger partial charge in [0.1, 0.15) is 11.0 Å². The van der Waals surface area contributed by atoms with Gasteiger partial charge in [-0.05, 0) is 39.6 Å². The first-order chi connectivity index (χ1) is 11.7. The zero-order valence-corrected chi connectivity index (χ0v) is 12.9. The Hall–Kier alpha value is -2.80. The fourth-order valence-electron chi connectivity index (χ4n) is 3.44. The first-order valence-corrected chi connectivity index (χ1v) is 7.77. The van der Waals surface area contributed by atoms with E-state index in [-0.39, 0.29) is 5.92 Å². The molecule has 3 aromatic rings. The van der Waals surface area contributed by atoms with E-state index in [1.54, 1.807) is 12.4 Å². The van der Waals surface area contributed by atoms with E-state index < -0.39 is 11.9 Å². The van der Waals surface area contributed by atoms with Gasteiger partial charge in [-0.2, -0.15) is 0 Å². The van der Waals surface area contributed by atoms with Crippen LogP contribution in [0.1, 0.15) is 17.0 Å². The van der Waals surface area contributed by atoms with Crippen LogP contribution in [0.25, 0.3) is 11.0 Å². The summed E-state index contributed by atoms with van der Waals surface area (Å²) in [7, 11) is 0. The van der Waals surface area contributed by atoms with Gasteiger partial charge in [0.05, 0.1) is 5.92 Å². The van der Waals surface area contributed by atoms with Crippen molar-refractivity contribution in [2.24, 2.45) is 5.92 Å². The van der Waals surface area contributed by atoms with Gasteiger partial charge in [0, 0.05) is 37.9 Å². The van der Waals surface area contributed by atoms with E-state index in [1.807, 2.05) is 30.3 Å². The zero-order valence-electron chi connectivity index (χ0n) is 12.9. The maximum Gasteiger partial charge on any atom is 0.308 e. The molecule has 2 atom stereocenters. The van der Waals surface area contributed by atoms with Crippen LogP contribution in [0.15, 0.2) is 47.4 Å². The van der Waals surface area contributed by atoms with Crippen LogP contribution >= 0.6 is 0 Å². The molecule has 3 heterocycles. The lowest BCUT2D eigenvalue weighted by Crippen LogP contribution is -2.23. The smallest absolute Gasteiger partial charge is 0.308 e. The van der Waals surface area contributed by atoms with Gasteiger partial charge in [-0.1, -0.05) is 12.1 Å². The number of fused-ring (bicyclic) bond motifs is 1. The second kappa shape index (κ2) is 6.01. The van der Waals surface area contributed by atoms with Crippen LogP contribution in [0, 0.1) is 5.92 Å². The summed E-state index contributed by atoms with van der Waals surface area (Å²) in [6.07, 6.45) is 3.41. The van der Waals surface area contributed by atoms with Crippen molar-refractivity contribution in [1.29, 1.82) is 0 Å². The number of carboxylic acids is 1.